The second kappa shape index (κ2) is 8.85. The van der Waals surface area contributed by atoms with Gasteiger partial charge in [0.05, 0.1) is 17.9 Å². The molecule has 1 aliphatic rings. The SMILES string of the molecule is CNS(=O)(=O)c1ccc(C(=O)N2CSCC2C(=O)Nc2ccc(OC)cc2)cc1. The van der Waals surface area contributed by atoms with Crippen molar-refractivity contribution in [3.63, 3.8) is 0 Å². The Morgan fingerprint density at radius 2 is 1.76 bits per heavy atom. The normalized spacial score (nSPS) is 16.5. The van der Waals surface area contributed by atoms with Crippen LogP contribution in [0, 0.1) is 0 Å². The van der Waals surface area contributed by atoms with Crippen molar-refractivity contribution >= 4 is 39.3 Å². The third-order valence-electron chi connectivity index (χ3n) is 4.48. The van der Waals surface area contributed by atoms with E-state index in [1.54, 1.807) is 31.4 Å². The van der Waals surface area contributed by atoms with E-state index in [-0.39, 0.29) is 16.7 Å². The molecule has 29 heavy (non-hydrogen) atoms. The van der Waals surface area contributed by atoms with Crippen LogP contribution in [-0.4, -0.2) is 57.0 Å². The number of amides is 2. The Balaban J connectivity index is 1.72. The van der Waals surface area contributed by atoms with E-state index in [4.69, 9.17) is 4.74 Å². The topological polar surface area (TPSA) is 105 Å². The largest absolute Gasteiger partial charge is 0.497 e. The highest BCUT2D eigenvalue weighted by molar-refractivity contribution is 7.99. The monoisotopic (exact) mass is 435 g/mol. The number of methoxy groups -OCH3 is 1. The highest BCUT2D eigenvalue weighted by atomic mass is 32.2. The second-order valence-electron chi connectivity index (χ2n) is 6.24. The first-order valence-electron chi connectivity index (χ1n) is 8.73. The molecule has 2 N–H and O–H groups in total. The predicted octanol–water partition coefficient (Wildman–Crippen LogP) is 1.76. The molecular weight excluding hydrogens is 414 g/mol. The Hall–Kier alpha value is -2.56. The van der Waals surface area contributed by atoms with Crippen molar-refractivity contribution in [2.75, 3.05) is 31.1 Å². The first-order chi connectivity index (χ1) is 13.9. The van der Waals surface area contributed by atoms with E-state index in [1.807, 2.05) is 0 Å². The Kier molecular flexibility index (Phi) is 6.46. The molecule has 3 rings (SSSR count). The summed E-state index contributed by atoms with van der Waals surface area (Å²) >= 11 is 1.49. The molecular formula is C19H21N3O5S2. The summed E-state index contributed by atoms with van der Waals surface area (Å²) in [5.74, 6) is 0.955. The number of nitrogens with zero attached hydrogens (tertiary/aromatic N) is 1. The molecule has 2 amide bonds. The minimum Gasteiger partial charge on any atom is -0.497 e. The highest BCUT2D eigenvalue weighted by Gasteiger charge is 2.35. The van der Waals surface area contributed by atoms with Crippen LogP contribution in [0.1, 0.15) is 10.4 Å². The van der Waals surface area contributed by atoms with E-state index >= 15 is 0 Å². The van der Waals surface area contributed by atoms with Gasteiger partial charge in [-0.25, -0.2) is 13.1 Å². The Morgan fingerprint density at radius 3 is 2.34 bits per heavy atom. The van der Waals surface area contributed by atoms with Gasteiger partial charge in [0.15, 0.2) is 0 Å². The molecule has 2 aromatic rings. The van der Waals surface area contributed by atoms with Crippen molar-refractivity contribution in [1.29, 1.82) is 0 Å². The molecule has 0 aliphatic carbocycles. The van der Waals surface area contributed by atoms with Gasteiger partial charge in [-0.15, -0.1) is 11.8 Å². The highest BCUT2D eigenvalue weighted by Crippen LogP contribution is 2.25. The van der Waals surface area contributed by atoms with Gasteiger partial charge in [0.25, 0.3) is 5.91 Å². The van der Waals surface area contributed by atoms with Crippen LogP contribution >= 0.6 is 11.8 Å². The lowest BCUT2D eigenvalue weighted by Crippen LogP contribution is -2.44. The lowest BCUT2D eigenvalue weighted by atomic mass is 10.1. The smallest absolute Gasteiger partial charge is 0.255 e. The van der Waals surface area contributed by atoms with Crippen molar-refractivity contribution < 1.29 is 22.7 Å². The van der Waals surface area contributed by atoms with E-state index in [0.29, 0.717) is 28.6 Å². The van der Waals surface area contributed by atoms with Gasteiger partial charge in [-0.3, -0.25) is 9.59 Å². The molecule has 2 aromatic carbocycles. The Labute approximate surface area is 173 Å². The zero-order chi connectivity index (χ0) is 21.0. The molecule has 8 nitrogen and oxygen atoms in total. The molecule has 1 heterocycles. The molecule has 10 heteroatoms. The van der Waals surface area contributed by atoms with Crippen LogP contribution in [0.15, 0.2) is 53.4 Å². The first-order valence-corrected chi connectivity index (χ1v) is 11.4. The van der Waals surface area contributed by atoms with Gasteiger partial charge in [-0.05, 0) is 55.6 Å². The lowest BCUT2D eigenvalue weighted by Gasteiger charge is -2.23. The molecule has 0 bridgehead atoms. The minimum absolute atomic E-state index is 0.0705. The number of rotatable bonds is 6. The number of nitrogens with one attached hydrogen (secondary N) is 2. The zero-order valence-electron chi connectivity index (χ0n) is 15.9. The minimum atomic E-state index is -3.58. The average molecular weight is 436 g/mol. The van der Waals surface area contributed by atoms with Gasteiger partial charge in [-0.2, -0.15) is 0 Å². The van der Waals surface area contributed by atoms with Gasteiger partial charge in [0.1, 0.15) is 11.8 Å². The molecule has 1 unspecified atom stereocenters. The molecule has 1 atom stereocenters. The number of ether oxygens (including phenoxy) is 1. The Morgan fingerprint density at radius 1 is 1.10 bits per heavy atom. The number of hydrogen-bond donors (Lipinski definition) is 2. The van der Waals surface area contributed by atoms with Crippen LogP contribution < -0.4 is 14.8 Å². The van der Waals surface area contributed by atoms with E-state index in [2.05, 4.69) is 10.0 Å². The van der Waals surface area contributed by atoms with Gasteiger partial charge < -0.3 is 15.0 Å². The summed E-state index contributed by atoms with van der Waals surface area (Å²) in [6.07, 6.45) is 0. The van der Waals surface area contributed by atoms with Gasteiger partial charge in [0, 0.05) is 17.0 Å². The van der Waals surface area contributed by atoms with Crippen molar-refractivity contribution in [2.24, 2.45) is 0 Å². The quantitative estimate of drug-likeness (QED) is 0.716. The van der Waals surface area contributed by atoms with Crippen LogP contribution in [0.3, 0.4) is 0 Å². The van der Waals surface area contributed by atoms with E-state index < -0.39 is 16.1 Å². The van der Waals surface area contributed by atoms with E-state index in [1.165, 1.54) is 48.0 Å². The molecule has 1 saturated heterocycles. The second-order valence-corrected chi connectivity index (χ2v) is 9.13. The molecule has 0 saturated carbocycles. The number of sulfonamides is 1. The standard InChI is InChI=1S/C19H21N3O5S2/c1-20-29(25,26)16-9-3-13(4-10-16)19(24)22-12-28-11-17(22)18(23)21-14-5-7-15(27-2)8-6-14/h3-10,17,20H,11-12H2,1-2H3,(H,21,23). The number of anilines is 1. The summed E-state index contributed by atoms with van der Waals surface area (Å²) in [5.41, 5.74) is 0.937. The number of thioether (sulfide) groups is 1. The number of carbonyl (C=O) groups excluding carboxylic acids is 2. The maximum absolute atomic E-state index is 12.9. The molecule has 0 spiro atoms. The van der Waals surface area contributed by atoms with Crippen LogP contribution in [0.4, 0.5) is 5.69 Å². The number of carbonyl (C=O) groups is 2. The van der Waals surface area contributed by atoms with E-state index in [9.17, 15) is 18.0 Å². The van der Waals surface area contributed by atoms with Crippen molar-refractivity contribution in [3.05, 3.63) is 54.1 Å². The molecule has 0 aromatic heterocycles. The van der Waals surface area contributed by atoms with Gasteiger partial charge in [0.2, 0.25) is 15.9 Å². The summed E-state index contributed by atoms with van der Waals surface area (Å²) in [7, 11) is -0.691. The third kappa shape index (κ3) is 4.72. The van der Waals surface area contributed by atoms with Crippen molar-refractivity contribution in [3.8, 4) is 5.75 Å². The fourth-order valence-electron chi connectivity index (χ4n) is 2.82. The summed E-state index contributed by atoms with van der Waals surface area (Å²) in [4.78, 5) is 27.1. The molecule has 1 fully saturated rings. The maximum atomic E-state index is 12.9. The van der Waals surface area contributed by atoms with Crippen LogP contribution in [-0.2, 0) is 14.8 Å². The van der Waals surface area contributed by atoms with Gasteiger partial charge >= 0.3 is 0 Å². The summed E-state index contributed by atoms with van der Waals surface area (Å²) in [5, 5.41) is 2.82. The molecule has 1 aliphatic heterocycles. The van der Waals surface area contributed by atoms with Gasteiger partial charge in [-0.1, -0.05) is 0 Å². The van der Waals surface area contributed by atoms with E-state index in [0.717, 1.165) is 0 Å². The molecule has 154 valence electrons. The van der Waals surface area contributed by atoms with Crippen molar-refractivity contribution in [2.45, 2.75) is 10.9 Å². The summed E-state index contributed by atoms with van der Waals surface area (Å²) < 4.78 is 31.0. The average Bonchev–Trinajstić information content (AvgIpc) is 3.24. The predicted molar refractivity (Wildman–Crippen MR) is 112 cm³/mol. The maximum Gasteiger partial charge on any atom is 0.255 e. The van der Waals surface area contributed by atoms with Crippen LogP contribution in [0.2, 0.25) is 0 Å². The van der Waals surface area contributed by atoms with Crippen LogP contribution in [0.5, 0.6) is 5.75 Å². The molecule has 0 radical (unpaired) electrons. The third-order valence-corrected chi connectivity index (χ3v) is 6.93. The van der Waals surface area contributed by atoms with Crippen molar-refractivity contribution in [1.82, 2.24) is 9.62 Å². The number of hydrogen-bond acceptors (Lipinski definition) is 6. The fourth-order valence-corrected chi connectivity index (χ4v) is 4.70. The first kappa shape index (κ1) is 21.2. The summed E-state index contributed by atoms with van der Waals surface area (Å²) in [6, 6.07) is 12.0. The Bertz CT molecular complexity index is 992. The summed E-state index contributed by atoms with van der Waals surface area (Å²) in [6.45, 7) is 0. The lowest BCUT2D eigenvalue weighted by molar-refractivity contribution is -0.119. The van der Waals surface area contributed by atoms with Crippen LogP contribution in [0.25, 0.3) is 0 Å². The number of benzene rings is 2. The fraction of sp³-hybridized carbons (Fsp3) is 0.263. The zero-order valence-corrected chi connectivity index (χ0v) is 17.5.